The van der Waals surface area contributed by atoms with E-state index in [1.165, 1.54) is 18.9 Å². The summed E-state index contributed by atoms with van der Waals surface area (Å²) >= 11 is 0. The SMILES string of the molecule is CC(C(=O)O)N(C)C(=O)NC1CCN(C)CC1. The van der Waals surface area contributed by atoms with Crippen LogP contribution < -0.4 is 5.32 Å². The number of amides is 2. The molecule has 0 bridgehead atoms. The summed E-state index contributed by atoms with van der Waals surface area (Å²) in [6.07, 6.45) is 1.83. The molecule has 0 aromatic heterocycles. The van der Waals surface area contributed by atoms with Gasteiger partial charge in [-0.05, 0) is 39.9 Å². The maximum atomic E-state index is 11.8. The molecule has 0 spiro atoms. The normalized spacial score (nSPS) is 19.7. The average molecular weight is 243 g/mol. The Morgan fingerprint density at radius 3 is 2.41 bits per heavy atom. The Kier molecular flexibility index (Phi) is 4.74. The van der Waals surface area contributed by atoms with E-state index in [1.807, 2.05) is 0 Å². The molecular weight excluding hydrogens is 222 g/mol. The molecule has 1 saturated heterocycles. The number of hydrogen-bond donors (Lipinski definition) is 2. The Hall–Kier alpha value is -1.30. The molecule has 2 N–H and O–H groups in total. The van der Waals surface area contributed by atoms with E-state index in [-0.39, 0.29) is 12.1 Å². The molecule has 0 aromatic rings. The minimum atomic E-state index is -0.994. The fourth-order valence-corrected chi connectivity index (χ4v) is 1.77. The van der Waals surface area contributed by atoms with Gasteiger partial charge in [-0.3, -0.25) is 0 Å². The molecule has 1 unspecified atom stereocenters. The molecule has 1 rings (SSSR count). The first-order valence-electron chi connectivity index (χ1n) is 5.86. The molecule has 1 heterocycles. The third kappa shape index (κ3) is 3.89. The van der Waals surface area contributed by atoms with Crippen molar-refractivity contribution in [2.45, 2.75) is 31.8 Å². The van der Waals surface area contributed by atoms with Gasteiger partial charge in [-0.1, -0.05) is 0 Å². The van der Waals surface area contributed by atoms with Crippen LogP contribution in [-0.2, 0) is 4.79 Å². The third-order valence-electron chi connectivity index (χ3n) is 3.30. The topological polar surface area (TPSA) is 72.9 Å². The van der Waals surface area contributed by atoms with Crippen LogP contribution in [0.3, 0.4) is 0 Å². The number of hydrogen-bond acceptors (Lipinski definition) is 3. The van der Waals surface area contributed by atoms with E-state index < -0.39 is 12.0 Å². The van der Waals surface area contributed by atoms with Gasteiger partial charge in [0.05, 0.1) is 0 Å². The lowest BCUT2D eigenvalue weighted by Gasteiger charge is -2.31. The molecule has 0 aromatic carbocycles. The van der Waals surface area contributed by atoms with Crippen molar-refractivity contribution in [3.8, 4) is 0 Å². The van der Waals surface area contributed by atoms with E-state index in [4.69, 9.17) is 5.11 Å². The first kappa shape index (κ1) is 13.8. The zero-order chi connectivity index (χ0) is 13.0. The maximum Gasteiger partial charge on any atom is 0.326 e. The van der Waals surface area contributed by atoms with E-state index in [0.717, 1.165) is 25.9 Å². The largest absolute Gasteiger partial charge is 0.480 e. The van der Waals surface area contributed by atoms with Crippen molar-refractivity contribution in [1.29, 1.82) is 0 Å². The van der Waals surface area contributed by atoms with Gasteiger partial charge in [-0.15, -0.1) is 0 Å². The summed E-state index contributed by atoms with van der Waals surface area (Å²) in [5, 5.41) is 11.7. The molecule has 0 saturated carbocycles. The summed E-state index contributed by atoms with van der Waals surface area (Å²) in [5.41, 5.74) is 0. The van der Waals surface area contributed by atoms with E-state index in [2.05, 4.69) is 17.3 Å². The second-order valence-electron chi connectivity index (χ2n) is 4.65. The van der Waals surface area contributed by atoms with Crippen LogP contribution in [-0.4, -0.2) is 66.2 Å². The number of carboxylic acids is 1. The van der Waals surface area contributed by atoms with Gasteiger partial charge in [0.2, 0.25) is 0 Å². The number of aliphatic carboxylic acids is 1. The van der Waals surface area contributed by atoms with Crippen LogP contribution in [0.4, 0.5) is 4.79 Å². The highest BCUT2D eigenvalue weighted by Gasteiger charge is 2.24. The van der Waals surface area contributed by atoms with Gasteiger partial charge in [0.15, 0.2) is 0 Å². The fraction of sp³-hybridized carbons (Fsp3) is 0.818. The second kappa shape index (κ2) is 5.86. The molecular formula is C11H21N3O3. The lowest BCUT2D eigenvalue weighted by atomic mass is 10.1. The minimum Gasteiger partial charge on any atom is -0.480 e. The Balaban J connectivity index is 2.41. The number of nitrogens with zero attached hydrogens (tertiary/aromatic N) is 2. The molecule has 1 atom stereocenters. The molecule has 2 amide bonds. The predicted molar refractivity (Wildman–Crippen MR) is 63.9 cm³/mol. The number of urea groups is 1. The fourth-order valence-electron chi connectivity index (χ4n) is 1.77. The maximum absolute atomic E-state index is 11.8. The molecule has 0 aliphatic carbocycles. The molecule has 6 heteroatoms. The van der Waals surface area contributed by atoms with Crippen LogP contribution in [0.15, 0.2) is 0 Å². The summed E-state index contributed by atoms with van der Waals surface area (Å²) in [5.74, 6) is -0.994. The molecule has 98 valence electrons. The average Bonchev–Trinajstić information content (AvgIpc) is 2.30. The number of likely N-dealkylation sites (N-methyl/N-ethyl adjacent to an activating group) is 1. The van der Waals surface area contributed by atoms with Crippen molar-refractivity contribution in [1.82, 2.24) is 15.1 Å². The lowest BCUT2D eigenvalue weighted by Crippen LogP contribution is -2.51. The Morgan fingerprint density at radius 1 is 1.41 bits per heavy atom. The summed E-state index contributed by atoms with van der Waals surface area (Å²) in [6.45, 7) is 3.42. The van der Waals surface area contributed by atoms with E-state index in [9.17, 15) is 9.59 Å². The van der Waals surface area contributed by atoms with Crippen LogP contribution in [0.5, 0.6) is 0 Å². The van der Waals surface area contributed by atoms with Gasteiger partial charge in [-0.25, -0.2) is 9.59 Å². The third-order valence-corrected chi connectivity index (χ3v) is 3.30. The number of carbonyl (C=O) groups is 2. The number of carbonyl (C=O) groups excluding carboxylic acids is 1. The molecule has 1 fully saturated rings. The number of carboxylic acid groups (broad SMARTS) is 1. The number of likely N-dealkylation sites (tertiary alicyclic amines) is 1. The number of rotatable bonds is 3. The predicted octanol–water partition coefficient (Wildman–Crippen LogP) is 0.195. The second-order valence-corrected chi connectivity index (χ2v) is 4.65. The highest BCUT2D eigenvalue weighted by Crippen LogP contribution is 2.09. The number of nitrogens with one attached hydrogen (secondary N) is 1. The Labute approximate surface area is 102 Å². The van der Waals surface area contributed by atoms with Crippen molar-refractivity contribution in [3.63, 3.8) is 0 Å². The first-order chi connectivity index (χ1) is 7.91. The van der Waals surface area contributed by atoms with Crippen molar-refractivity contribution in [2.24, 2.45) is 0 Å². The van der Waals surface area contributed by atoms with Gasteiger partial charge in [0.25, 0.3) is 0 Å². The molecule has 17 heavy (non-hydrogen) atoms. The standard InChI is InChI=1S/C11H21N3O3/c1-8(10(15)16)14(3)11(17)12-9-4-6-13(2)7-5-9/h8-9H,4-7H2,1-3H3,(H,12,17)(H,15,16). The van der Waals surface area contributed by atoms with Gasteiger partial charge in [-0.2, -0.15) is 0 Å². The van der Waals surface area contributed by atoms with Crippen molar-refractivity contribution in [3.05, 3.63) is 0 Å². The van der Waals surface area contributed by atoms with Crippen LogP contribution >= 0.6 is 0 Å². The van der Waals surface area contributed by atoms with E-state index in [0.29, 0.717) is 0 Å². The molecule has 0 radical (unpaired) electrons. The van der Waals surface area contributed by atoms with Gasteiger partial charge >= 0.3 is 12.0 Å². The molecule has 6 nitrogen and oxygen atoms in total. The van der Waals surface area contributed by atoms with Crippen LogP contribution in [0.25, 0.3) is 0 Å². The van der Waals surface area contributed by atoms with Crippen molar-refractivity contribution in [2.75, 3.05) is 27.2 Å². The van der Waals surface area contributed by atoms with E-state index >= 15 is 0 Å². The number of piperidine rings is 1. The quantitative estimate of drug-likeness (QED) is 0.742. The molecule has 1 aliphatic rings. The summed E-state index contributed by atoms with van der Waals surface area (Å²) in [4.78, 5) is 26.0. The zero-order valence-corrected chi connectivity index (χ0v) is 10.6. The van der Waals surface area contributed by atoms with Gasteiger partial charge in [0, 0.05) is 13.1 Å². The highest BCUT2D eigenvalue weighted by atomic mass is 16.4. The minimum absolute atomic E-state index is 0.155. The first-order valence-corrected chi connectivity index (χ1v) is 5.86. The smallest absolute Gasteiger partial charge is 0.326 e. The Bertz CT molecular complexity index is 288. The summed E-state index contributed by atoms with van der Waals surface area (Å²) in [6, 6.07) is -0.960. The van der Waals surface area contributed by atoms with Gasteiger partial charge < -0.3 is 20.2 Å². The zero-order valence-electron chi connectivity index (χ0n) is 10.6. The molecule has 1 aliphatic heterocycles. The Morgan fingerprint density at radius 2 is 1.94 bits per heavy atom. The summed E-state index contributed by atoms with van der Waals surface area (Å²) in [7, 11) is 3.56. The highest BCUT2D eigenvalue weighted by molar-refractivity contribution is 5.82. The van der Waals surface area contributed by atoms with Crippen molar-refractivity contribution < 1.29 is 14.7 Å². The summed E-state index contributed by atoms with van der Waals surface area (Å²) < 4.78 is 0. The van der Waals surface area contributed by atoms with E-state index in [1.54, 1.807) is 0 Å². The van der Waals surface area contributed by atoms with Gasteiger partial charge in [0.1, 0.15) is 6.04 Å². The monoisotopic (exact) mass is 243 g/mol. The van der Waals surface area contributed by atoms with Crippen LogP contribution in [0.1, 0.15) is 19.8 Å². The lowest BCUT2D eigenvalue weighted by molar-refractivity contribution is -0.141. The van der Waals surface area contributed by atoms with Crippen LogP contribution in [0, 0.1) is 0 Å². The van der Waals surface area contributed by atoms with Crippen molar-refractivity contribution >= 4 is 12.0 Å². The van der Waals surface area contributed by atoms with Crippen LogP contribution in [0.2, 0.25) is 0 Å².